The van der Waals surface area contributed by atoms with Crippen LogP contribution in [0.2, 0.25) is 0 Å². The smallest absolute Gasteiger partial charge is 0.338 e. The summed E-state index contributed by atoms with van der Waals surface area (Å²) in [5.74, 6) is -0.780. The van der Waals surface area contributed by atoms with E-state index in [9.17, 15) is 19.7 Å². The fraction of sp³-hybridized carbons (Fsp3) is 0.318. The number of hydrogen-bond acceptors (Lipinski definition) is 7. The van der Waals surface area contributed by atoms with Gasteiger partial charge in [-0.3, -0.25) is 14.9 Å². The fourth-order valence-electron chi connectivity index (χ4n) is 3.07. The highest BCUT2D eigenvalue weighted by Crippen LogP contribution is 2.20. The summed E-state index contributed by atoms with van der Waals surface area (Å²) in [7, 11) is 0. The number of aromatic nitrogens is 1. The Kier molecular flexibility index (Phi) is 7.85. The van der Waals surface area contributed by atoms with E-state index in [-0.39, 0.29) is 24.6 Å². The van der Waals surface area contributed by atoms with E-state index in [1.165, 1.54) is 23.5 Å². The minimum Gasteiger partial charge on any atom is -0.462 e. The Morgan fingerprint density at radius 2 is 1.88 bits per heavy atom. The first-order chi connectivity index (χ1) is 15.4. The highest BCUT2D eigenvalue weighted by atomic mass is 32.1. The molecule has 32 heavy (non-hydrogen) atoms. The molecule has 0 spiro atoms. The predicted molar refractivity (Wildman–Crippen MR) is 120 cm³/mol. The summed E-state index contributed by atoms with van der Waals surface area (Å²) in [6, 6.07) is 11.0. The number of esters is 1. The molecular formula is C22H23N3O6S. The summed E-state index contributed by atoms with van der Waals surface area (Å²) in [6.07, 6.45) is 0.0196. The highest BCUT2D eigenvalue weighted by molar-refractivity contribution is 7.16. The van der Waals surface area contributed by atoms with Gasteiger partial charge in [0.05, 0.1) is 40.3 Å². The number of ether oxygens (including phenoxy) is 2. The summed E-state index contributed by atoms with van der Waals surface area (Å²) in [5, 5.41) is 10.8. The first-order valence-electron chi connectivity index (χ1n) is 10.1. The normalized spacial score (nSPS) is 11.6. The zero-order valence-electron chi connectivity index (χ0n) is 17.8. The first-order valence-corrected chi connectivity index (χ1v) is 10.9. The molecule has 0 saturated carbocycles. The van der Waals surface area contributed by atoms with E-state index in [1.807, 2.05) is 17.6 Å². The van der Waals surface area contributed by atoms with Crippen LogP contribution in [0.5, 0.6) is 0 Å². The van der Waals surface area contributed by atoms with Crippen LogP contribution in [0.15, 0.2) is 47.5 Å². The topological polar surface area (TPSA) is 113 Å². The summed E-state index contributed by atoms with van der Waals surface area (Å²) >= 11 is 1.30. The van der Waals surface area contributed by atoms with Gasteiger partial charge in [0.25, 0.3) is 11.6 Å². The van der Waals surface area contributed by atoms with E-state index in [4.69, 9.17) is 9.47 Å². The van der Waals surface area contributed by atoms with Crippen molar-refractivity contribution in [2.45, 2.75) is 26.8 Å². The van der Waals surface area contributed by atoms with Gasteiger partial charge in [-0.05, 0) is 37.6 Å². The van der Waals surface area contributed by atoms with Crippen LogP contribution in [0.3, 0.4) is 0 Å². The Labute approximate surface area is 188 Å². The second kappa shape index (κ2) is 10.8. The van der Waals surface area contributed by atoms with Crippen molar-refractivity contribution in [1.29, 1.82) is 0 Å². The summed E-state index contributed by atoms with van der Waals surface area (Å²) in [4.78, 5) is 39.8. The Balaban J connectivity index is 1.93. The van der Waals surface area contributed by atoms with Crippen LogP contribution in [-0.4, -0.2) is 41.2 Å². The molecule has 0 aliphatic heterocycles. The average molecular weight is 458 g/mol. The molecule has 0 aliphatic carbocycles. The van der Waals surface area contributed by atoms with Crippen molar-refractivity contribution in [3.63, 3.8) is 0 Å². The van der Waals surface area contributed by atoms with E-state index in [2.05, 4.69) is 4.99 Å². The molecular weight excluding hydrogens is 434 g/mol. The van der Waals surface area contributed by atoms with Crippen molar-refractivity contribution < 1.29 is 24.0 Å². The molecule has 0 N–H and O–H groups in total. The van der Waals surface area contributed by atoms with Crippen molar-refractivity contribution in [2.75, 3.05) is 19.8 Å². The van der Waals surface area contributed by atoms with Gasteiger partial charge < -0.3 is 14.0 Å². The standard InChI is InChI=1S/C22H23N3O6S/c1-3-30-12-11-24-18-10-7-16(21(27)31-4-2)14-19(18)32-22(24)23-20(26)13-15-5-8-17(9-6-15)25(28)29/h5-10,14H,3-4,11-13H2,1-2H3. The zero-order chi connectivity index (χ0) is 23.1. The molecule has 0 radical (unpaired) electrons. The Hall–Kier alpha value is -3.37. The number of non-ortho nitro benzene ring substituents is 1. The lowest BCUT2D eigenvalue weighted by Crippen LogP contribution is -2.20. The van der Waals surface area contributed by atoms with Crippen molar-refractivity contribution in [1.82, 2.24) is 4.57 Å². The summed E-state index contributed by atoms with van der Waals surface area (Å²) in [5.41, 5.74) is 1.87. The second-order valence-electron chi connectivity index (χ2n) is 6.74. The van der Waals surface area contributed by atoms with Gasteiger partial charge in [-0.25, -0.2) is 4.79 Å². The van der Waals surface area contributed by atoms with Crippen molar-refractivity contribution >= 4 is 39.1 Å². The molecule has 168 valence electrons. The van der Waals surface area contributed by atoms with Crippen LogP contribution >= 0.6 is 11.3 Å². The van der Waals surface area contributed by atoms with Crippen LogP contribution in [0.4, 0.5) is 5.69 Å². The zero-order valence-corrected chi connectivity index (χ0v) is 18.6. The molecule has 10 heteroatoms. The minimum absolute atomic E-state index is 0.0196. The van der Waals surface area contributed by atoms with Gasteiger partial charge in [-0.1, -0.05) is 23.5 Å². The molecule has 3 rings (SSSR count). The SMILES string of the molecule is CCOCCn1c(=NC(=O)Cc2ccc([N+](=O)[O-])cc2)sc2cc(C(=O)OCC)ccc21. The number of nitro benzene ring substituents is 1. The Morgan fingerprint density at radius 3 is 2.53 bits per heavy atom. The number of thiazole rings is 1. The fourth-order valence-corrected chi connectivity index (χ4v) is 4.19. The van der Waals surface area contributed by atoms with Gasteiger partial charge in [0.15, 0.2) is 4.80 Å². The van der Waals surface area contributed by atoms with Crippen LogP contribution in [0.1, 0.15) is 29.8 Å². The van der Waals surface area contributed by atoms with Gasteiger partial charge >= 0.3 is 5.97 Å². The maximum absolute atomic E-state index is 12.6. The van der Waals surface area contributed by atoms with Crippen LogP contribution in [0.25, 0.3) is 10.2 Å². The molecule has 1 heterocycles. The quantitative estimate of drug-likeness (QED) is 0.210. The first kappa shape index (κ1) is 23.3. The van der Waals surface area contributed by atoms with Gasteiger partial charge in [-0.15, -0.1) is 0 Å². The van der Waals surface area contributed by atoms with Crippen LogP contribution in [0, 0.1) is 10.1 Å². The van der Waals surface area contributed by atoms with E-state index in [0.717, 1.165) is 10.2 Å². The lowest BCUT2D eigenvalue weighted by atomic mass is 10.1. The molecule has 0 aliphatic rings. The molecule has 9 nitrogen and oxygen atoms in total. The largest absolute Gasteiger partial charge is 0.462 e. The number of carbonyl (C=O) groups excluding carboxylic acids is 2. The third kappa shape index (κ3) is 5.65. The number of amides is 1. The molecule has 2 aromatic carbocycles. The van der Waals surface area contributed by atoms with Crippen molar-refractivity contribution in [3.05, 3.63) is 68.5 Å². The molecule has 1 amide bonds. The minimum atomic E-state index is -0.487. The maximum atomic E-state index is 12.6. The monoisotopic (exact) mass is 457 g/mol. The van der Waals surface area contributed by atoms with Crippen LogP contribution < -0.4 is 4.80 Å². The second-order valence-corrected chi connectivity index (χ2v) is 7.75. The van der Waals surface area contributed by atoms with E-state index in [1.54, 1.807) is 31.2 Å². The summed E-state index contributed by atoms with van der Waals surface area (Å²) in [6.45, 7) is 5.45. The Bertz CT molecular complexity index is 1200. The van der Waals surface area contributed by atoms with Gasteiger partial charge in [-0.2, -0.15) is 4.99 Å². The Morgan fingerprint density at radius 1 is 1.12 bits per heavy atom. The number of hydrogen-bond donors (Lipinski definition) is 0. The van der Waals surface area contributed by atoms with Gasteiger partial charge in [0, 0.05) is 25.3 Å². The van der Waals surface area contributed by atoms with Gasteiger partial charge in [0.1, 0.15) is 0 Å². The number of fused-ring (bicyclic) bond motifs is 1. The molecule has 3 aromatic rings. The lowest BCUT2D eigenvalue weighted by molar-refractivity contribution is -0.384. The molecule has 0 unspecified atom stereocenters. The summed E-state index contributed by atoms with van der Waals surface area (Å²) < 4.78 is 13.2. The number of nitro groups is 1. The molecule has 0 fully saturated rings. The molecule has 1 aromatic heterocycles. The maximum Gasteiger partial charge on any atom is 0.338 e. The van der Waals surface area contributed by atoms with E-state index in [0.29, 0.717) is 35.7 Å². The van der Waals surface area contributed by atoms with E-state index >= 15 is 0 Å². The number of rotatable bonds is 9. The van der Waals surface area contributed by atoms with Gasteiger partial charge in [0.2, 0.25) is 0 Å². The number of nitrogens with zero attached hydrogens (tertiary/aromatic N) is 3. The predicted octanol–water partition coefficient (Wildman–Crippen LogP) is 3.49. The molecule has 0 saturated heterocycles. The number of carbonyl (C=O) groups is 2. The number of benzene rings is 2. The molecule has 0 atom stereocenters. The third-order valence-electron chi connectivity index (χ3n) is 4.58. The van der Waals surface area contributed by atoms with E-state index < -0.39 is 10.9 Å². The van der Waals surface area contributed by atoms with Crippen molar-refractivity contribution in [3.8, 4) is 0 Å². The van der Waals surface area contributed by atoms with Crippen molar-refractivity contribution in [2.24, 2.45) is 4.99 Å². The lowest BCUT2D eigenvalue weighted by Gasteiger charge is -2.06. The third-order valence-corrected chi connectivity index (χ3v) is 5.62. The molecule has 0 bridgehead atoms. The average Bonchev–Trinajstić information content (AvgIpc) is 3.10. The van der Waals surface area contributed by atoms with Crippen LogP contribution in [-0.2, 0) is 27.2 Å². The highest BCUT2D eigenvalue weighted by Gasteiger charge is 2.13.